The van der Waals surface area contributed by atoms with Gasteiger partial charge >= 0.3 is 0 Å². The third-order valence-electron chi connectivity index (χ3n) is 4.06. The zero-order valence-electron chi connectivity index (χ0n) is 11.0. The Labute approximate surface area is 122 Å². The molecular weight excluding hydrogens is 307 g/mol. The van der Waals surface area contributed by atoms with E-state index in [0.29, 0.717) is 12.1 Å². The predicted octanol–water partition coefficient (Wildman–Crippen LogP) is 3.30. The van der Waals surface area contributed by atoms with E-state index in [1.54, 1.807) is 6.07 Å². The zero-order chi connectivity index (χ0) is 13.2. The summed E-state index contributed by atoms with van der Waals surface area (Å²) in [6, 6.07) is 6.30. The summed E-state index contributed by atoms with van der Waals surface area (Å²) in [7, 11) is 0. The second-order valence-electron chi connectivity index (χ2n) is 5.69. The normalized spacial score (nSPS) is 23.2. The van der Waals surface area contributed by atoms with Crippen molar-refractivity contribution in [3.05, 3.63) is 34.1 Å². The topological polar surface area (TPSA) is 15.3 Å². The maximum Gasteiger partial charge on any atom is 0.123 e. The third kappa shape index (κ3) is 3.56. The van der Waals surface area contributed by atoms with Gasteiger partial charge in [-0.2, -0.15) is 0 Å². The van der Waals surface area contributed by atoms with Crippen LogP contribution in [-0.4, -0.2) is 30.1 Å². The first-order chi connectivity index (χ1) is 9.22. The molecule has 1 aliphatic carbocycles. The van der Waals surface area contributed by atoms with Crippen molar-refractivity contribution in [1.82, 2.24) is 10.2 Å². The fraction of sp³-hybridized carbons (Fsp3) is 0.600. The Bertz CT molecular complexity index is 442. The van der Waals surface area contributed by atoms with Crippen LogP contribution in [0, 0.1) is 5.82 Å². The minimum Gasteiger partial charge on any atom is -0.313 e. The van der Waals surface area contributed by atoms with Gasteiger partial charge in [0.25, 0.3) is 0 Å². The second-order valence-corrected chi connectivity index (χ2v) is 6.54. The lowest BCUT2D eigenvalue weighted by atomic mass is 10.1. The maximum absolute atomic E-state index is 13.4. The molecule has 3 rings (SSSR count). The third-order valence-corrected chi connectivity index (χ3v) is 4.84. The number of hydrogen-bond donors (Lipinski definition) is 1. The molecule has 0 spiro atoms. The van der Waals surface area contributed by atoms with Crippen LogP contribution in [0.1, 0.15) is 31.2 Å². The molecule has 1 N–H and O–H groups in total. The highest BCUT2D eigenvalue weighted by Crippen LogP contribution is 2.30. The van der Waals surface area contributed by atoms with E-state index >= 15 is 0 Å². The van der Waals surface area contributed by atoms with Crippen LogP contribution in [-0.2, 0) is 6.54 Å². The molecule has 1 unspecified atom stereocenters. The van der Waals surface area contributed by atoms with Crippen molar-refractivity contribution in [3.63, 3.8) is 0 Å². The Hall–Kier alpha value is -0.450. The average Bonchev–Trinajstić information content (AvgIpc) is 3.12. The summed E-state index contributed by atoms with van der Waals surface area (Å²) in [4.78, 5) is 2.52. The van der Waals surface area contributed by atoms with E-state index in [-0.39, 0.29) is 5.82 Å². The fourth-order valence-corrected chi connectivity index (χ4v) is 3.23. The molecule has 1 aliphatic heterocycles. The molecule has 2 aliphatic rings. The zero-order valence-corrected chi connectivity index (χ0v) is 12.6. The molecule has 2 nitrogen and oxygen atoms in total. The number of benzene rings is 1. The number of hydrogen-bond acceptors (Lipinski definition) is 2. The van der Waals surface area contributed by atoms with Crippen molar-refractivity contribution < 1.29 is 4.39 Å². The van der Waals surface area contributed by atoms with E-state index in [4.69, 9.17) is 0 Å². The van der Waals surface area contributed by atoms with E-state index in [9.17, 15) is 4.39 Å². The number of rotatable bonds is 5. The van der Waals surface area contributed by atoms with Gasteiger partial charge in [0.05, 0.1) is 0 Å². The molecule has 19 heavy (non-hydrogen) atoms. The highest BCUT2D eigenvalue weighted by molar-refractivity contribution is 9.10. The van der Waals surface area contributed by atoms with E-state index in [1.165, 1.54) is 31.7 Å². The molecule has 0 aromatic heterocycles. The first kappa shape index (κ1) is 13.5. The molecule has 2 fully saturated rings. The van der Waals surface area contributed by atoms with Crippen LogP contribution in [0.3, 0.4) is 0 Å². The minimum atomic E-state index is -0.145. The number of nitrogens with zero attached hydrogens (tertiary/aromatic N) is 1. The SMILES string of the molecule is Fc1ccc(Br)c(CN(CC2CCCN2)C2CC2)c1. The summed E-state index contributed by atoms with van der Waals surface area (Å²) in [5.41, 5.74) is 1.06. The Balaban J connectivity index is 1.68. The molecule has 1 heterocycles. The highest BCUT2D eigenvalue weighted by atomic mass is 79.9. The van der Waals surface area contributed by atoms with Gasteiger partial charge in [0.1, 0.15) is 5.82 Å². The minimum absolute atomic E-state index is 0.145. The van der Waals surface area contributed by atoms with Crippen molar-refractivity contribution in [2.24, 2.45) is 0 Å². The van der Waals surface area contributed by atoms with Gasteiger partial charge in [0.15, 0.2) is 0 Å². The molecule has 0 radical (unpaired) electrons. The van der Waals surface area contributed by atoms with Gasteiger partial charge in [0.2, 0.25) is 0 Å². The van der Waals surface area contributed by atoms with Gasteiger partial charge in [-0.05, 0) is 56.0 Å². The summed E-state index contributed by atoms with van der Waals surface area (Å²) in [6.45, 7) is 3.08. The summed E-state index contributed by atoms with van der Waals surface area (Å²) >= 11 is 3.53. The quantitative estimate of drug-likeness (QED) is 0.893. The van der Waals surface area contributed by atoms with Crippen molar-refractivity contribution in [2.45, 2.75) is 44.3 Å². The summed E-state index contributed by atoms with van der Waals surface area (Å²) in [6.07, 6.45) is 5.14. The van der Waals surface area contributed by atoms with Gasteiger partial charge in [-0.3, -0.25) is 4.90 Å². The largest absolute Gasteiger partial charge is 0.313 e. The molecule has 1 saturated carbocycles. The van der Waals surface area contributed by atoms with Crippen molar-refractivity contribution in [3.8, 4) is 0 Å². The predicted molar refractivity (Wildman–Crippen MR) is 78.6 cm³/mol. The second kappa shape index (κ2) is 5.90. The number of nitrogens with one attached hydrogen (secondary N) is 1. The lowest BCUT2D eigenvalue weighted by Gasteiger charge is -2.26. The van der Waals surface area contributed by atoms with Gasteiger partial charge in [-0.1, -0.05) is 15.9 Å². The fourth-order valence-electron chi connectivity index (χ4n) is 2.86. The Kier molecular flexibility index (Phi) is 4.20. The van der Waals surface area contributed by atoms with E-state index in [2.05, 4.69) is 26.1 Å². The summed E-state index contributed by atoms with van der Waals surface area (Å²) in [5.74, 6) is -0.145. The van der Waals surface area contributed by atoms with Crippen LogP contribution in [0.25, 0.3) is 0 Å². The molecule has 1 aromatic carbocycles. The molecule has 1 aromatic rings. The lowest BCUT2D eigenvalue weighted by molar-refractivity contribution is 0.230. The Morgan fingerprint density at radius 1 is 1.32 bits per heavy atom. The maximum atomic E-state index is 13.4. The van der Waals surface area contributed by atoms with E-state index in [1.807, 2.05) is 6.07 Å². The Morgan fingerprint density at radius 3 is 2.84 bits per heavy atom. The van der Waals surface area contributed by atoms with Crippen LogP contribution < -0.4 is 5.32 Å². The molecular formula is C15H20BrFN2. The first-order valence-corrected chi connectivity index (χ1v) is 7.93. The molecule has 0 bridgehead atoms. The number of halogens is 2. The highest BCUT2D eigenvalue weighted by Gasteiger charge is 2.31. The molecule has 104 valence electrons. The smallest absolute Gasteiger partial charge is 0.123 e. The molecule has 1 atom stereocenters. The first-order valence-electron chi connectivity index (χ1n) is 7.14. The van der Waals surface area contributed by atoms with Crippen molar-refractivity contribution in [2.75, 3.05) is 13.1 Å². The summed E-state index contributed by atoms with van der Waals surface area (Å²) < 4.78 is 14.4. The van der Waals surface area contributed by atoms with Gasteiger partial charge in [-0.25, -0.2) is 4.39 Å². The van der Waals surface area contributed by atoms with Gasteiger partial charge < -0.3 is 5.32 Å². The Morgan fingerprint density at radius 2 is 2.16 bits per heavy atom. The van der Waals surface area contributed by atoms with Gasteiger partial charge in [-0.15, -0.1) is 0 Å². The van der Waals surface area contributed by atoms with Crippen LogP contribution in [0.15, 0.2) is 22.7 Å². The molecule has 4 heteroatoms. The van der Waals surface area contributed by atoms with Crippen LogP contribution >= 0.6 is 15.9 Å². The summed E-state index contributed by atoms with van der Waals surface area (Å²) in [5, 5.41) is 3.55. The average molecular weight is 327 g/mol. The standard InChI is InChI=1S/C15H20BrFN2/c16-15-6-3-12(17)8-11(15)9-19(14-4-5-14)10-13-2-1-7-18-13/h3,6,8,13-14,18H,1-2,4-5,7,9-10H2. The molecule has 1 saturated heterocycles. The van der Waals surface area contributed by atoms with E-state index in [0.717, 1.165) is 29.7 Å². The van der Waals surface area contributed by atoms with Gasteiger partial charge in [0, 0.05) is 29.6 Å². The van der Waals surface area contributed by atoms with Crippen molar-refractivity contribution in [1.29, 1.82) is 0 Å². The van der Waals surface area contributed by atoms with E-state index < -0.39 is 0 Å². The monoisotopic (exact) mass is 326 g/mol. The van der Waals surface area contributed by atoms with Crippen LogP contribution in [0.5, 0.6) is 0 Å². The van der Waals surface area contributed by atoms with Crippen LogP contribution in [0.2, 0.25) is 0 Å². The van der Waals surface area contributed by atoms with Crippen molar-refractivity contribution >= 4 is 15.9 Å². The van der Waals surface area contributed by atoms with Crippen LogP contribution in [0.4, 0.5) is 4.39 Å². The molecule has 0 amide bonds. The lowest BCUT2D eigenvalue weighted by Crippen LogP contribution is -2.38.